The van der Waals surface area contributed by atoms with Crippen molar-refractivity contribution >= 4 is 10.0 Å². The quantitative estimate of drug-likeness (QED) is 0.853. The van der Waals surface area contributed by atoms with Crippen LogP contribution in [0.3, 0.4) is 0 Å². The number of nitrogens with one attached hydrogen (secondary N) is 1. The van der Waals surface area contributed by atoms with Crippen molar-refractivity contribution in [1.29, 1.82) is 0 Å². The van der Waals surface area contributed by atoms with E-state index in [2.05, 4.69) is 4.72 Å². The van der Waals surface area contributed by atoms with Crippen LogP contribution in [-0.2, 0) is 14.8 Å². The Morgan fingerprint density at radius 3 is 2.56 bits per heavy atom. The van der Waals surface area contributed by atoms with Gasteiger partial charge in [0.1, 0.15) is 13.2 Å². The lowest BCUT2D eigenvalue weighted by molar-refractivity contribution is 0.107. The zero-order valence-corrected chi connectivity index (χ0v) is 15.0. The third-order valence-corrected chi connectivity index (χ3v) is 5.52. The molecule has 0 aliphatic carbocycles. The molecule has 25 heavy (non-hydrogen) atoms. The summed E-state index contributed by atoms with van der Waals surface area (Å²) in [6.07, 6.45) is -0.367. The third kappa shape index (κ3) is 3.95. The summed E-state index contributed by atoms with van der Waals surface area (Å²) in [5.41, 5.74) is 2.00. The van der Waals surface area contributed by atoms with E-state index in [0.29, 0.717) is 24.7 Å². The van der Waals surface area contributed by atoms with Gasteiger partial charge in [-0.1, -0.05) is 24.3 Å². The summed E-state index contributed by atoms with van der Waals surface area (Å²) in [6, 6.07) is 12.3. The van der Waals surface area contributed by atoms with Crippen molar-refractivity contribution in [2.24, 2.45) is 0 Å². The molecule has 0 aromatic heterocycles. The summed E-state index contributed by atoms with van der Waals surface area (Å²) in [4.78, 5) is 0.136. The second kappa shape index (κ2) is 7.43. The molecule has 1 aliphatic heterocycles. The van der Waals surface area contributed by atoms with Gasteiger partial charge in [0.25, 0.3) is 0 Å². The molecule has 1 N–H and O–H groups in total. The van der Waals surface area contributed by atoms with Crippen molar-refractivity contribution in [2.75, 3.05) is 26.9 Å². The molecule has 6 nitrogen and oxygen atoms in total. The second-order valence-electron chi connectivity index (χ2n) is 5.74. The van der Waals surface area contributed by atoms with E-state index in [9.17, 15) is 8.42 Å². The molecule has 0 saturated heterocycles. The number of methoxy groups -OCH3 is 1. The van der Waals surface area contributed by atoms with Crippen molar-refractivity contribution in [3.8, 4) is 11.5 Å². The van der Waals surface area contributed by atoms with Crippen molar-refractivity contribution in [3.05, 3.63) is 53.6 Å². The van der Waals surface area contributed by atoms with Crippen LogP contribution in [0, 0.1) is 6.92 Å². The standard InChI is InChI=1S/C18H21NO5S/c1-13-5-3-4-6-15(13)18(22-2)12-19-25(20,21)14-7-8-16-17(11-14)24-10-9-23-16/h3-8,11,18-19H,9-10,12H2,1-2H3. The summed E-state index contributed by atoms with van der Waals surface area (Å²) in [7, 11) is -2.12. The number of fused-ring (bicyclic) bond motifs is 1. The van der Waals surface area contributed by atoms with Crippen LogP contribution in [0.15, 0.2) is 47.4 Å². The number of rotatable bonds is 6. The molecule has 134 valence electrons. The van der Waals surface area contributed by atoms with Crippen LogP contribution < -0.4 is 14.2 Å². The van der Waals surface area contributed by atoms with Crippen molar-refractivity contribution in [1.82, 2.24) is 4.72 Å². The lowest BCUT2D eigenvalue weighted by atomic mass is 10.0. The number of sulfonamides is 1. The zero-order valence-electron chi connectivity index (χ0n) is 14.2. The van der Waals surface area contributed by atoms with E-state index in [4.69, 9.17) is 14.2 Å². The molecule has 1 heterocycles. The fraction of sp³-hybridized carbons (Fsp3) is 0.333. The Hall–Kier alpha value is -2.09. The average molecular weight is 363 g/mol. The monoisotopic (exact) mass is 363 g/mol. The first-order valence-corrected chi connectivity index (χ1v) is 9.47. The fourth-order valence-corrected chi connectivity index (χ4v) is 3.77. The van der Waals surface area contributed by atoms with E-state index in [1.807, 2.05) is 31.2 Å². The smallest absolute Gasteiger partial charge is 0.240 e. The normalized spacial score (nSPS) is 15.0. The predicted octanol–water partition coefficient (Wildman–Crippen LogP) is 2.43. The molecule has 0 amide bonds. The number of benzene rings is 2. The van der Waals surface area contributed by atoms with Crippen molar-refractivity contribution in [3.63, 3.8) is 0 Å². The highest BCUT2D eigenvalue weighted by molar-refractivity contribution is 7.89. The van der Waals surface area contributed by atoms with E-state index in [0.717, 1.165) is 11.1 Å². The Bertz CT molecular complexity index is 850. The SMILES string of the molecule is COC(CNS(=O)(=O)c1ccc2c(c1)OCCO2)c1ccccc1C. The average Bonchev–Trinajstić information content (AvgIpc) is 2.63. The zero-order chi connectivity index (χ0) is 17.9. The van der Waals surface area contributed by atoms with Crippen molar-refractivity contribution in [2.45, 2.75) is 17.9 Å². The van der Waals surface area contributed by atoms with Crippen molar-refractivity contribution < 1.29 is 22.6 Å². The highest BCUT2D eigenvalue weighted by atomic mass is 32.2. The number of hydrogen-bond acceptors (Lipinski definition) is 5. The molecule has 0 spiro atoms. The molecule has 0 radical (unpaired) electrons. The topological polar surface area (TPSA) is 73.9 Å². The molecule has 2 aromatic carbocycles. The minimum atomic E-state index is -3.69. The fourth-order valence-electron chi connectivity index (χ4n) is 2.73. The summed E-state index contributed by atoms with van der Waals surface area (Å²) in [5, 5.41) is 0. The van der Waals surface area contributed by atoms with Gasteiger partial charge in [-0.25, -0.2) is 13.1 Å². The number of hydrogen-bond donors (Lipinski definition) is 1. The third-order valence-electron chi connectivity index (χ3n) is 4.10. The first-order valence-electron chi connectivity index (χ1n) is 7.99. The van der Waals surface area contributed by atoms with Gasteiger partial charge in [-0.3, -0.25) is 0 Å². The maximum atomic E-state index is 12.6. The molecule has 0 fully saturated rings. The maximum Gasteiger partial charge on any atom is 0.240 e. The van der Waals surface area contributed by atoms with E-state index in [1.54, 1.807) is 13.2 Å². The summed E-state index contributed by atoms with van der Waals surface area (Å²) >= 11 is 0. The second-order valence-corrected chi connectivity index (χ2v) is 7.51. The summed E-state index contributed by atoms with van der Waals surface area (Å²) in [5.74, 6) is 0.996. The Kier molecular flexibility index (Phi) is 5.27. The van der Waals surface area contributed by atoms with Gasteiger partial charge in [-0.2, -0.15) is 0 Å². The molecule has 1 unspecified atom stereocenters. The molecular weight excluding hydrogens is 342 g/mol. The Labute approximate surface area is 147 Å². The van der Waals surface area contributed by atoms with Crippen LogP contribution in [0.4, 0.5) is 0 Å². The molecule has 2 aromatic rings. The molecule has 0 bridgehead atoms. The van der Waals surface area contributed by atoms with Gasteiger partial charge < -0.3 is 14.2 Å². The lowest BCUT2D eigenvalue weighted by Gasteiger charge is -2.20. The van der Waals surface area contributed by atoms with Crippen LogP contribution in [-0.4, -0.2) is 35.3 Å². The summed E-state index contributed by atoms with van der Waals surface area (Å²) in [6.45, 7) is 2.97. The van der Waals surface area contributed by atoms with E-state index < -0.39 is 10.0 Å². The van der Waals surface area contributed by atoms with Gasteiger partial charge in [-0.05, 0) is 30.2 Å². The van der Waals surface area contributed by atoms with Gasteiger partial charge in [0.15, 0.2) is 11.5 Å². The highest BCUT2D eigenvalue weighted by Crippen LogP contribution is 2.32. The first-order chi connectivity index (χ1) is 12.0. The van der Waals surface area contributed by atoms with Crippen LogP contribution in [0.1, 0.15) is 17.2 Å². The molecule has 3 rings (SSSR count). The van der Waals surface area contributed by atoms with E-state index >= 15 is 0 Å². The minimum absolute atomic E-state index is 0.136. The van der Waals surface area contributed by atoms with Gasteiger partial charge in [-0.15, -0.1) is 0 Å². The van der Waals surface area contributed by atoms with E-state index in [-0.39, 0.29) is 17.5 Å². The Balaban J connectivity index is 1.76. The van der Waals surface area contributed by atoms with Crippen LogP contribution in [0.25, 0.3) is 0 Å². The van der Waals surface area contributed by atoms with Gasteiger partial charge in [0, 0.05) is 19.7 Å². The maximum absolute atomic E-state index is 12.6. The molecule has 7 heteroatoms. The lowest BCUT2D eigenvalue weighted by Crippen LogP contribution is -2.29. The minimum Gasteiger partial charge on any atom is -0.486 e. The Morgan fingerprint density at radius 1 is 1.12 bits per heavy atom. The van der Waals surface area contributed by atoms with Crippen LogP contribution in [0.5, 0.6) is 11.5 Å². The molecule has 1 atom stereocenters. The predicted molar refractivity (Wildman–Crippen MR) is 93.5 cm³/mol. The number of aryl methyl sites for hydroxylation is 1. The van der Waals surface area contributed by atoms with Gasteiger partial charge in [0.2, 0.25) is 10.0 Å². The highest BCUT2D eigenvalue weighted by Gasteiger charge is 2.21. The van der Waals surface area contributed by atoms with E-state index in [1.165, 1.54) is 12.1 Å². The van der Waals surface area contributed by atoms with Crippen LogP contribution >= 0.6 is 0 Å². The molecule has 0 saturated carbocycles. The van der Waals surface area contributed by atoms with Gasteiger partial charge in [0.05, 0.1) is 11.0 Å². The number of ether oxygens (including phenoxy) is 3. The summed E-state index contributed by atoms with van der Waals surface area (Å²) < 4.78 is 44.1. The largest absolute Gasteiger partial charge is 0.486 e. The molecular formula is C18H21NO5S. The first kappa shape index (κ1) is 17.7. The Morgan fingerprint density at radius 2 is 1.84 bits per heavy atom. The van der Waals surface area contributed by atoms with Crippen LogP contribution in [0.2, 0.25) is 0 Å². The molecule has 1 aliphatic rings. The van der Waals surface area contributed by atoms with Gasteiger partial charge >= 0.3 is 0 Å².